The SMILES string of the molecule is CC1CCC(C(NCc2cccs2)C(=O)O)O1. The Morgan fingerprint density at radius 2 is 2.53 bits per heavy atom. The Balaban J connectivity index is 1.91. The molecule has 2 N–H and O–H groups in total. The zero-order valence-corrected chi connectivity index (χ0v) is 10.6. The van der Waals surface area contributed by atoms with Crippen LogP contribution < -0.4 is 5.32 Å². The van der Waals surface area contributed by atoms with Crippen molar-refractivity contribution in [3.63, 3.8) is 0 Å². The fourth-order valence-corrected chi connectivity index (χ4v) is 2.74. The number of carboxylic acid groups (broad SMARTS) is 1. The van der Waals surface area contributed by atoms with Crippen molar-refractivity contribution >= 4 is 17.3 Å². The lowest BCUT2D eigenvalue weighted by molar-refractivity contribution is -0.143. The van der Waals surface area contributed by atoms with Crippen LogP contribution in [-0.2, 0) is 16.1 Å². The Morgan fingerprint density at radius 1 is 1.71 bits per heavy atom. The van der Waals surface area contributed by atoms with Gasteiger partial charge in [0, 0.05) is 11.4 Å². The molecule has 1 aliphatic heterocycles. The van der Waals surface area contributed by atoms with Crippen LogP contribution in [0.1, 0.15) is 24.6 Å². The third-order valence-corrected chi connectivity index (χ3v) is 3.86. The van der Waals surface area contributed by atoms with Gasteiger partial charge in [-0.1, -0.05) is 6.07 Å². The summed E-state index contributed by atoms with van der Waals surface area (Å²) in [5, 5.41) is 14.3. The van der Waals surface area contributed by atoms with Gasteiger partial charge in [-0.2, -0.15) is 0 Å². The van der Waals surface area contributed by atoms with Crippen LogP contribution in [0.15, 0.2) is 17.5 Å². The van der Waals surface area contributed by atoms with Gasteiger partial charge < -0.3 is 9.84 Å². The Morgan fingerprint density at radius 3 is 3.06 bits per heavy atom. The molecule has 4 nitrogen and oxygen atoms in total. The van der Waals surface area contributed by atoms with Crippen molar-refractivity contribution in [2.24, 2.45) is 0 Å². The van der Waals surface area contributed by atoms with Crippen molar-refractivity contribution < 1.29 is 14.6 Å². The van der Waals surface area contributed by atoms with E-state index in [-0.39, 0.29) is 12.2 Å². The first kappa shape index (κ1) is 12.5. The molecule has 0 aromatic carbocycles. The number of carboxylic acids is 1. The number of thiophene rings is 1. The third kappa shape index (κ3) is 3.28. The molecule has 94 valence electrons. The second kappa shape index (κ2) is 5.62. The fourth-order valence-electron chi connectivity index (χ4n) is 2.08. The average Bonchev–Trinajstić information content (AvgIpc) is 2.90. The molecular weight excluding hydrogens is 238 g/mol. The van der Waals surface area contributed by atoms with Crippen molar-refractivity contribution in [2.45, 2.75) is 44.6 Å². The van der Waals surface area contributed by atoms with Crippen molar-refractivity contribution in [2.75, 3.05) is 0 Å². The topological polar surface area (TPSA) is 58.6 Å². The number of hydrogen-bond donors (Lipinski definition) is 2. The molecule has 1 aromatic rings. The molecule has 1 aliphatic rings. The van der Waals surface area contributed by atoms with Crippen LogP contribution in [0.25, 0.3) is 0 Å². The van der Waals surface area contributed by atoms with Gasteiger partial charge in [0.25, 0.3) is 0 Å². The molecule has 1 saturated heterocycles. The minimum absolute atomic E-state index is 0.172. The van der Waals surface area contributed by atoms with Crippen molar-refractivity contribution in [3.05, 3.63) is 22.4 Å². The van der Waals surface area contributed by atoms with E-state index in [4.69, 9.17) is 4.74 Å². The predicted molar refractivity (Wildman–Crippen MR) is 66.2 cm³/mol. The summed E-state index contributed by atoms with van der Waals surface area (Å²) in [6.07, 6.45) is 1.72. The van der Waals surface area contributed by atoms with E-state index >= 15 is 0 Å². The number of hydrogen-bond acceptors (Lipinski definition) is 4. The summed E-state index contributed by atoms with van der Waals surface area (Å²) in [4.78, 5) is 12.4. The lowest BCUT2D eigenvalue weighted by Crippen LogP contribution is -2.45. The van der Waals surface area contributed by atoms with Gasteiger partial charge in [0.05, 0.1) is 12.2 Å². The van der Waals surface area contributed by atoms with Gasteiger partial charge in [0.15, 0.2) is 0 Å². The lowest BCUT2D eigenvalue weighted by Gasteiger charge is -2.20. The molecule has 0 spiro atoms. The van der Waals surface area contributed by atoms with Crippen LogP contribution in [0, 0.1) is 0 Å². The second-order valence-electron chi connectivity index (χ2n) is 4.34. The fraction of sp³-hybridized carbons (Fsp3) is 0.583. The first-order valence-electron chi connectivity index (χ1n) is 5.81. The second-order valence-corrected chi connectivity index (χ2v) is 5.37. The number of carbonyl (C=O) groups is 1. The van der Waals surface area contributed by atoms with Crippen LogP contribution in [0.2, 0.25) is 0 Å². The summed E-state index contributed by atoms with van der Waals surface area (Å²) < 4.78 is 5.61. The van der Waals surface area contributed by atoms with E-state index in [1.54, 1.807) is 11.3 Å². The monoisotopic (exact) mass is 255 g/mol. The maximum Gasteiger partial charge on any atom is 0.323 e. The maximum absolute atomic E-state index is 11.2. The van der Waals surface area contributed by atoms with Crippen LogP contribution in [0.3, 0.4) is 0 Å². The molecule has 3 unspecified atom stereocenters. The van der Waals surface area contributed by atoms with E-state index in [9.17, 15) is 9.90 Å². The van der Waals surface area contributed by atoms with Crippen molar-refractivity contribution in [1.29, 1.82) is 0 Å². The maximum atomic E-state index is 11.2. The molecule has 0 bridgehead atoms. The normalized spacial score (nSPS) is 25.9. The van der Waals surface area contributed by atoms with Gasteiger partial charge in [-0.25, -0.2) is 0 Å². The number of nitrogens with one attached hydrogen (secondary N) is 1. The number of ether oxygens (including phenoxy) is 1. The summed E-state index contributed by atoms with van der Waals surface area (Å²) >= 11 is 1.62. The summed E-state index contributed by atoms with van der Waals surface area (Å²) in [7, 11) is 0. The molecule has 2 rings (SSSR count). The van der Waals surface area contributed by atoms with Gasteiger partial charge in [-0.15, -0.1) is 11.3 Å². The first-order chi connectivity index (χ1) is 8.16. The van der Waals surface area contributed by atoms with E-state index in [0.29, 0.717) is 6.54 Å². The van der Waals surface area contributed by atoms with Crippen LogP contribution >= 0.6 is 11.3 Å². The van der Waals surface area contributed by atoms with Crippen molar-refractivity contribution in [1.82, 2.24) is 5.32 Å². The molecular formula is C12H17NO3S. The smallest absolute Gasteiger partial charge is 0.323 e. The van der Waals surface area contributed by atoms with Gasteiger partial charge in [0.2, 0.25) is 0 Å². The quantitative estimate of drug-likeness (QED) is 0.843. The molecule has 17 heavy (non-hydrogen) atoms. The van der Waals surface area contributed by atoms with Gasteiger partial charge in [0.1, 0.15) is 6.04 Å². The van der Waals surface area contributed by atoms with E-state index < -0.39 is 12.0 Å². The first-order valence-corrected chi connectivity index (χ1v) is 6.69. The summed E-state index contributed by atoms with van der Waals surface area (Å²) in [6, 6.07) is 3.35. The van der Waals surface area contributed by atoms with E-state index in [1.165, 1.54) is 0 Å². The predicted octanol–water partition coefficient (Wildman–Crippen LogP) is 1.86. The molecule has 0 amide bonds. The molecule has 1 fully saturated rings. The van der Waals surface area contributed by atoms with Crippen LogP contribution in [-0.4, -0.2) is 29.3 Å². The highest BCUT2D eigenvalue weighted by Gasteiger charge is 2.33. The summed E-state index contributed by atoms with van der Waals surface area (Å²) in [5.41, 5.74) is 0. The van der Waals surface area contributed by atoms with Gasteiger partial charge >= 0.3 is 5.97 Å². The highest BCUT2D eigenvalue weighted by Crippen LogP contribution is 2.22. The molecule has 0 radical (unpaired) electrons. The largest absolute Gasteiger partial charge is 0.480 e. The molecule has 3 atom stereocenters. The highest BCUT2D eigenvalue weighted by atomic mass is 32.1. The Bertz CT molecular complexity index is 366. The summed E-state index contributed by atoms with van der Waals surface area (Å²) in [6.45, 7) is 2.57. The Hall–Kier alpha value is -0.910. The Labute approximate surface area is 105 Å². The minimum Gasteiger partial charge on any atom is -0.480 e. The summed E-state index contributed by atoms with van der Waals surface area (Å²) in [5.74, 6) is -0.833. The van der Waals surface area contributed by atoms with E-state index in [0.717, 1.165) is 17.7 Å². The van der Waals surface area contributed by atoms with Crippen LogP contribution in [0.4, 0.5) is 0 Å². The molecule has 1 aromatic heterocycles. The minimum atomic E-state index is -0.833. The van der Waals surface area contributed by atoms with E-state index in [1.807, 2.05) is 24.4 Å². The van der Waals surface area contributed by atoms with Crippen molar-refractivity contribution in [3.8, 4) is 0 Å². The highest BCUT2D eigenvalue weighted by molar-refractivity contribution is 7.09. The zero-order chi connectivity index (χ0) is 12.3. The standard InChI is InChI=1S/C12H17NO3S/c1-8-4-5-10(16-8)11(12(14)15)13-7-9-3-2-6-17-9/h2-3,6,8,10-11,13H,4-5,7H2,1H3,(H,14,15). The number of aliphatic carboxylic acids is 1. The lowest BCUT2D eigenvalue weighted by atomic mass is 10.1. The molecule has 0 aliphatic carbocycles. The molecule has 5 heteroatoms. The number of rotatable bonds is 5. The van der Waals surface area contributed by atoms with Crippen LogP contribution in [0.5, 0.6) is 0 Å². The molecule has 0 saturated carbocycles. The Kier molecular flexibility index (Phi) is 4.15. The van der Waals surface area contributed by atoms with Gasteiger partial charge in [-0.3, -0.25) is 10.1 Å². The van der Waals surface area contributed by atoms with Gasteiger partial charge in [-0.05, 0) is 31.2 Å². The average molecular weight is 255 g/mol. The molecule has 2 heterocycles. The zero-order valence-electron chi connectivity index (χ0n) is 9.76. The third-order valence-electron chi connectivity index (χ3n) is 2.98. The van der Waals surface area contributed by atoms with E-state index in [2.05, 4.69) is 5.32 Å².